The van der Waals surface area contributed by atoms with Crippen molar-refractivity contribution in [1.29, 1.82) is 0 Å². The first-order valence-corrected chi connectivity index (χ1v) is 5.28. The molecule has 0 saturated carbocycles. The van der Waals surface area contributed by atoms with Gasteiger partial charge in [0.25, 0.3) is 0 Å². The van der Waals surface area contributed by atoms with E-state index >= 15 is 0 Å². The molecule has 0 radical (unpaired) electrons. The van der Waals surface area contributed by atoms with Crippen molar-refractivity contribution in [1.82, 2.24) is 10.6 Å². The fraction of sp³-hybridized carbons (Fsp3) is 0.417. The second-order valence-corrected chi connectivity index (χ2v) is 3.47. The van der Waals surface area contributed by atoms with Crippen LogP contribution in [0.1, 0.15) is 12.0 Å². The van der Waals surface area contributed by atoms with Crippen LogP contribution in [0.25, 0.3) is 0 Å². The van der Waals surface area contributed by atoms with E-state index in [2.05, 4.69) is 22.8 Å². The second kappa shape index (κ2) is 9.19. The Labute approximate surface area is 103 Å². The lowest BCUT2D eigenvalue weighted by atomic mass is 10.1. The Morgan fingerprint density at radius 2 is 1.94 bits per heavy atom. The number of benzene rings is 1. The van der Waals surface area contributed by atoms with Crippen molar-refractivity contribution in [3.8, 4) is 0 Å². The van der Waals surface area contributed by atoms with Gasteiger partial charge in [0.2, 0.25) is 5.91 Å². The van der Waals surface area contributed by atoms with E-state index in [0.717, 1.165) is 19.4 Å². The van der Waals surface area contributed by atoms with E-state index in [-0.39, 0.29) is 18.3 Å². The highest BCUT2D eigenvalue weighted by Gasteiger charge is 1.97. The van der Waals surface area contributed by atoms with Crippen LogP contribution in [0.15, 0.2) is 30.3 Å². The van der Waals surface area contributed by atoms with Crippen LogP contribution in [-0.4, -0.2) is 26.0 Å². The molecule has 2 N–H and O–H groups in total. The van der Waals surface area contributed by atoms with Gasteiger partial charge >= 0.3 is 0 Å². The molecule has 0 fully saturated rings. The van der Waals surface area contributed by atoms with Gasteiger partial charge in [0.15, 0.2) is 0 Å². The van der Waals surface area contributed by atoms with Crippen LogP contribution in [0.4, 0.5) is 0 Å². The van der Waals surface area contributed by atoms with Crippen LogP contribution in [-0.2, 0) is 11.2 Å². The molecule has 1 aromatic rings. The number of carbonyl (C=O) groups is 1. The van der Waals surface area contributed by atoms with Crippen LogP contribution >= 0.6 is 12.4 Å². The maximum absolute atomic E-state index is 11.1. The number of halogens is 1. The van der Waals surface area contributed by atoms with Crippen molar-refractivity contribution in [2.24, 2.45) is 0 Å². The number of amides is 1. The third kappa shape index (κ3) is 6.43. The molecule has 0 bridgehead atoms. The highest BCUT2D eigenvalue weighted by atomic mass is 35.5. The van der Waals surface area contributed by atoms with Gasteiger partial charge in [-0.3, -0.25) is 4.79 Å². The average Bonchev–Trinajstić information content (AvgIpc) is 2.26. The van der Waals surface area contributed by atoms with Gasteiger partial charge < -0.3 is 10.6 Å². The first kappa shape index (κ1) is 14.9. The van der Waals surface area contributed by atoms with Crippen LogP contribution in [0.3, 0.4) is 0 Å². The summed E-state index contributed by atoms with van der Waals surface area (Å²) in [6, 6.07) is 10.3. The lowest BCUT2D eigenvalue weighted by Gasteiger charge is -2.04. The number of hydrogen-bond donors (Lipinski definition) is 2. The summed E-state index contributed by atoms with van der Waals surface area (Å²) in [4.78, 5) is 11.1. The molecule has 0 aliphatic heterocycles. The maximum atomic E-state index is 11.1. The molecule has 1 rings (SSSR count). The summed E-state index contributed by atoms with van der Waals surface area (Å²) >= 11 is 0. The fourth-order valence-corrected chi connectivity index (χ4v) is 1.39. The number of rotatable bonds is 6. The van der Waals surface area contributed by atoms with Crippen LogP contribution in [0.2, 0.25) is 0 Å². The Kier molecular flexibility index (Phi) is 8.58. The van der Waals surface area contributed by atoms with Gasteiger partial charge in [0.05, 0.1) is 6.54 Å². The summed E-state index contributed by atoms with van der Waals surface area (Å²) in [6.07, 6.45) is 2.00. The highest BCUT2D eigenvalue weighted by molar-refractivity contribution is 5.85. The minimum absolute atomic E-state index is 0. The summed E-state index contributed by atoms with van der Waals surface area (Å²) in [5.74, 6) is 0.0607. The zero-order valence-corrected chi connectivity index (χ0v) is 10.3. The first-order chi connectivity index (χ1) is 7.33. The normalized spacial score (nSPS) is 9.31. The number of likely N-dealkylation sites (N-methyl/N-ethyl adjacent to an activating group) is 1. The number of nitrogens with one attached hydrogen (secondary N) is 2. The van der Waals surface area contributed by atoms with Gasteiger partial charge in [0, 0.05) is 6.54 Å². The second-order valence-electron chi connectivity index (χ2n) is 3.47. The van der Waals surface area contributed by atoms with Gasteiger partial charge in [-0.25, -0.2) is 0 Å². The summed E-state index contributed by atoms with van der Waals surface area (Å²) in [6.45, 7) is 1.14. The standard InChI is InChI=1S/C12H18N2O.ClH/c1-13-10-12(15)14-9-5-8-11-6-3-2-4-7-11;/h2-4,6-7,13H,5,8-10H2,1H3,(H,14,15);1H. The molecular formula is C12H19ClN2O. The predicted octanol–water partition coefficient (Wildman–Crippen LogP) is 1.38. The van der Waals surface area contributed by atoms with E-state index in [4.69, 9.17) is 0 Å². The first-order valence-electron chi connectivity index (χ1n) is 5.28. The van der Waals surface area contributed by atoms with E-state index in [9.17, 15) is 4.79 Å². The lowest BCUT2D eigenvalue weighted by molar-refractivity contribution is -0.120. The Morgan fingerprint density at radius 1 is 1.25 bits per heavy atom. The quantitative estimate of drug-likeness (QED) is 0.740. The van der Waals surface area contributed by atoms with Crippen molar-refractivity contribution in [2.75, 3.05) is 20.1 Å². The minimum atomic E-state index is 0. The zero-order chi connectivity index (χ0) is 10.9. The summed E-state index contributed by atoms with van der Waals surface area (Å²) in [5.41, 5.74) is 1.32. The molecular weight excluding hydrogens is 224 g/mol. The SMILES string of the molecule is CNCC(=O)NCCCc1ccccc1.Cl. The number of aryl methyl sites for hydroxylation is 1. The van der Waals surface area contributed by atoms with E-state index < -0.39 is 0 Å². The molecule has 1 aromatic carbocycles. The summed E-state index contributed by atoms with van der Waals surface area (Å²) in [7, 11) is 1.77. The third-order valence-corrected chi connectivity index (χ3v) is 2.14. The molecule has 0 spiro atoms. The van der Waals surface area contributed by atoms with E-state index in [1.165, 1.54) is 5.56 Å². The molecule has 3 nitrogen and oxygen atoms in total. The van der Waals surface area contributed by atoms with Crippen molar-refractivity contribution in [2.45, 2.75) is 12.8 Å². The van der Waals surface area contributed by atoms with Crippen molar-refractivity contribution in [3.63, 3.8) is 0 Å². The Bertz CT molecular complexity index is 290. The van der Waals surface area contributed by atoms with E-state index in [1.807, 2.05) is 18.2 Å². The molecule has 4 heteroatoms. The number of hydrogen-bond acceptors (Lipinski definition) is 2. The Balaban J connectivity index is 0.00000225. The third-order valence-electron chi connectivity index (χ3n) is 2.14. The minimum Gasteiger partial charge on any atom is -0.355 e. The van der Waals surface area contributed by atoms with Crippen LogP contribution < -0.4 is 10.6 Å². The molecule has 0 heterocycles. The van der Waals surface area contributed by atoms with Gasteiger partial charge in [-0.1, -0.05) is 30.3 Å². The van der Waals surface area contributed by atoms with Crippen LogP contribution in [0.5, 0.6) is 0 Å². The van der Waals surface area contributed by atoms with Gasteiger partial charge in [-0.05, 0) is 25.5 Å². The largest absolute Gasteiger partial charge is 0.355 e. The molecule has 0 unspecified atom stereocenters. The highest BCUT2D eigenvalue weighted by Crippen LogP contribution is 2.01. The fourth-order valence-electron chi connectivity index (χ4n) is 1.39. The lowest BCUT2D eigenvalue weighted by Crippen LogP contribution is -2.32. The summed E-state index contributed by atoms with van der Waals surface area (Å²) < 4.78 is 0. The van der Waals surface area contributed by atoms with Crippen LogP contribution in [0, 0.1) is 0 Å². The van der Waals surface area contributed by atoms with Gasteiger partial charge in [-0.15, -0.1) is 12.4 Å². The topological polar surface area (TPSA) is 41.1 Å². The molecule has 0 atom stereocenters. The van der Waals surface area contributed by atoms with Crippen molar-refractivity contribution >= 4 is 18.3 Å². The smallest absolute Gasteiger partial charge is 0.233 e. The van der Waals surface area contributed by atoms with Crippen molar-refractivity contribution < 1.29 is 4.79 Å². The maximum Gasteiger partial charge on any atom is 0.233 e. The average molecular weight is 243 g/mol. The molecule has 1 amide bonds. The molecule has 0 saturated heterocycles. The van der Waals surface area contributed by atoms with Crippen molar-refractivity contribution in [3.05, 3.63) is 35.9 Å². The van der Waals surface area contributed by atoms with E-state index in [1.54, 1.807) is 7.05 Å². The van der Waals surface area contributed by atoms with Gasteiger partial charge in [-0.2, -0.15) is 0 Å². The predicted molar refractivity (Wildman–Crippen MR) is 68.9 cm³/mol. The Hall–Kier alpha value is -1.06. The molecule has 0 aliphatic rings. The molecule has 0 aromatic heterocycles. The van der Waals surface area contributed by atoms with Gasteiger partial charge in [0.1, 0.15) is 0 Å². The number of carbonyl (C=O) groups excluding carboxylic acids is 1. The molecule has 0 aliphatic carbocycles. The molecule has 16 heavy (non-hydrogen) atoms. The molecule has 90 valence electrons. The Morgan fingerprint density at radius 3 is 2.56 bits per heavy atom. The summed E-state index contributed by atoms with van der Waals surface area (Å²) in [5, 5.41) is 5.67. The monoisotopic (exact) mass is 242 g/mol. The zero-order valence-electron chi connectivity index (χ0n) is 9.53. The van der Waals surface area contributed by atoms with E-state index in [0.29, 0.717) is 6.54 Å².